The molecular formula is C13H17NS. The van der Waals surface area contributed by atoms with Crippen LogP contribution in [0.5, 0.6) is 0 Å². The first-order valence-electron chi connectivity index (χ1n) is 6.28. The van der Waals surface area contributed by atoms with Gasteiger partial charge in [-0.05, 0) is 55.8 Å². The fourth-order valence-electron chi connectivity index (χ4n) is 4.79. The van der Waals surface area contributed by atoms with Crippen molar-refractivity contribution in [3.63, 3.8) is 0 Å². The van der Waals surface area contributed by atoms with Crippen molar-refractivity contribution in [3.8, 4) is 0 Å². The van der Waals surface area contributed by atoms with Gasteiger partial charge >= 0.3 is 0 Å². The number of nitrogens with zero attached hydrogens (tertiary/aromatic N) is 1. The number of thiazole rings is 1. The maximum Gasteiger partial charge on any atom is 0.0794 e. The highest BCUT2D eigenvalue weighted by molar-refractivity contribution is 7.07. The lowest BCUT2D eigenvalue weighted by molar-refractivity contribution is -0.00396. The van der Waals surface area contributed by atoms with Crippen LogP contribution in [0.4, 0.5) is 0 Å². The first kappa shape index (κ1) is 8.74. The van der Waals surface area contributed by atoms with Crippen LogP contribution in [0.25, 0.3) is 0 Å². The van der Waals surface area contributed by atoms with Crippen molar-refractivity contribution in [1.82, 2.24) is 4.98 Å². The third-order valence-electron chi connectivity index (χ3n) is 5.02. The third kappa shape index (κ3) is 1.24. The minimum absolute atomic E-state index is 0.837. The van der Waals surface area contributed by atoms with Crippen LogP contribution in [0.1, 0.15) is 43.7 Å². The van der Waals surface area contributed by atoms with E-state index in [0.29, 0.717) is 0 Å². The van der Waals surface area contributed by atoms with E-state index in [1.165, 1.54) is 31.4 Å². The van der Waals surface area contributed by atoms with Gasteiger partial charge in [0.25, 0.3) is 0 Å². The SMILES string of the molecule is c1nc(C2C3CC4CC(C3)CC2C4)cs1. The number of hydrogen-bond acceptors (Lipinski definition) is 2. The molecule has 80 valence electrons. The van der Waals surface area contributed by atoms with Gasteiger partial charge in [-0.1, -0.05) is 0 Å². The topological polar surface area (TPSA) is 12.9 Å². The predicted octanol–water partition coefficient (Wildman–Crippen LogP) is 3.68. The Morgan fingerprint density at radius 1 is 1.00 bits per heavy atom. The van der Waals surface area contributed by atoms with E-state index in [2.05, 4.69) is 10.4 Å². The maximum absolute atomic E-state index is 4.58. The standard InChI is InChI=1S/C13H17NS/c1-8-2-10-4-9(1)5-11(3-8)13(10)12-6-15-7-14-12/h6-11,13H,1-5H2. The summed E-state index contributed by atoms with van der Waals surface area (Å²) in [4.78, 5) is 4.58. The first-order valence-corrected chi connectivity index (χ1v) is 7.22. The van der Waals surface area contributed by atoms with E-state index in [1.807, 2.05) is 5.51 Å². The molecule has 4 aliphatic rings. The molecule has 4 aliphatic carbocycles. The molecular weight excluding hydrogens is 202 g/mol. The van der Waals surface area contributed by atoms with Crippen LogP contribution in [-0.2, 0) is 0 Å². The molecule has 0 N–H and O–H groups in total. The Kier molecular flexibility index (Phi) is 1.79. The Hall–Kier alpha value is -0.370. The van der Waals surface area contributed by atoms with Crippen molar-refractivity contribution in [2.75, 3.05) is 0 Å². The summed E-state index contributed by atoms with van der Waals surface area (Å²) in [6.07, 6.45) is 7.59. The average Bonchev–Trinajstić information content (AvgIpc) is 2.69. The Morgan fingerprint density at radius 2 is 1.67 bits per heavy atom. The van der Waals surface area contributed by atoms with Gasteiger partial charge in [-0.3, -0.25) is 0 Å². The summed E-state index contributed by atoms with van der Waals surface area (Å²) in [5.41, 5.74) is 3.44. The van der Waals surface area contributed by atoms with Crippen LogP contribution < -0.4 is 0 Å². The largest absolute Gasteiger partial charge is 0.249 e. The summed E-state index contributed by atoms with van der Waals surface area (Å²) in [5.74, 6) is 4.99. The molecule has 0 aliphatic heterocycles. The number of aromatic nitrogens is 1. The number of rotatable bonds is 1. The van der Waals surface area contributed by atoms with Gasteiger partial charge in [0.1, 0.15) is 0 Å². The molecule has 2 heteroatoms. The maximum atomic E-state index is 4.58. The summed E-state index contributed by atoms with van der Waals surface area (Å²) in [6.45, 7) is 0. The van der Waals surface area contributed by atoms with E-state index in [1.54, 1.807) is 17.8 Å². The van der Waals surface area contributed by atoms with Gasteiger partial charge in [0.05, 0.1) is 11.2 Å². The van der Waals surface area contributed by atoms with Crippen molar-refractivity contribution in [3.05, 3.63) is 16.6 Å². The Morgan fingerprint density at radius 3 is 2.20 bits per heavy atom. The fourth-order valence-corrected chi connectivity index (χ4v) is 5.40. The molecule has 4 saturated carbocycles. The molecule has 0 amide bonds. The van der Waals surface area contributed by atoms with E-state index >= 15 is 0 Å². The van der Waals surface area contributed by atoms with E-state index in [4.69, 9.17) is 0 Å². The van der Waals surface area contributed by atoms with Crippen LogP contribution in [0.15, 0.2) is 10.9 Å². The highest BCUT2D eigenvalue weighted by Gasteiger charge is 2.49. The van der Waals surface area contributed by atoms with Crippen molar-refractivity contribution in [2.45, 2.75) is 38.0 Å². The fraction of sp³-hybridized carbons (Fsp3) is 0.769. The highest BCUT2D eigenvalue weighted by atomic mass is 32.1. The zero-order valence-electron chi connectivity index (χ0n) is 8.93. The first-order chi connectivity index (χ1) is 7.40. The summed E-state index contributed by atoms with van der Waals surface area (Å²) in [6, 6.07) is 0. The van der Waals surface area contributed by atoms with E-state index in [9.17, 15) is 0 Å². The second-order valence-electron chi connectivity index (χ2n) is 5.87. The molecule has 5 rings (SSSR count). The van der Waals surface area contributed by atoms with Crippen LogP contribution in [0, 0.1) is 23.7 Å². The van der Waals surface area contributed by atoms with Gasteiger partial charge in [-0.2, -0.15) is 0 Å². The molecule has 0 aromatic carbocycles. The van der Waals surface area contributed by atoms with Crippen LogP contribution in [-0.4, -0.2) is 4.98 Å². The normalized spacial score (nSPS) is 47.3. The van der Waals surface area contributed by atoms with Gasteiger partial charge in [0.15, 0.2) is 0 Å². The summed E-state index contributed by atoms with van der Waals surface area (Å²) >= 11 is 1.77. The summed E-state index contributed by atoms with van der Waals surface area (Å²) in [7, 11) is 0. The molecule has 0 radical (unpaired) electrons. The lowest BCUT2D eigenvalue weighted by atomic mass is 9.51. The molecule has 4 bridgehead atoms. The number of hydrogen-bond donors (Lipinski definition) is 0. The molecule has 0 unspecified atom stereocenters. The molecule has 15 heavy (non-hydrogen) atoms. The van der Waals surface area contributed by atoms with Gasteiger partial charge in [-0.15, -0.1) is 11.3 Å². The zero-order valence-corrected chi connectivity index (χ0v) is 9.75. The lowest BCUT2D eigenvalue weighted by Crippen LogP contribution is -2.43. The predicted molar refractivity (Wildman–Crippen MR) is 61.9 cm³/mol. The molecule has 1 heterocycles. The minimum Gasteiger partial charge on any atom is -0.249 e. The van der Waals surface area contributed by atoms with Gasteiger partial charge in [0.2, 0.25) is 0 Å². The van der Waals surface area contributed by atoms with Gasteiger partial charge in [-0.25, -0.2) is 4.98 Å². The van der Waals surface area contributed by atoms with Gasteiger partial charge in [0, 0.05) is 11.3 Å². The lowest BCUT2D eigenvalue weighted by Gasteiger charge is -2.54. The Bertz CT molecular complexity index is 329. The van der Waals surface area contributed by atoms with Crippen LogP contribution in [0.3, 0.4) is 0 Å². The van der Waals surface area contributed by atoms with Crippen LogP contribution >= 0.6 is 11.3 Å². The molecule has 0 atom stereocenters. The Labute approximate surface area is 94.9 Å². The zero-order chi connectivity index (χ0) is 9.83. The quantitative estimate of drug-likeness (QED) is 0.702. The summed E-state index contributed by atoms with van der Waals surface area (Å²) in [5, 5.41) is 2.30. The minimum atomic E-state index is 0.837. The van der Waals surface area contributed by atoms with E-state index in [-0.39, 0.29) is 0 Å². The third-order valence-corrected chi connectivity index (χ3v) is 5.62. The van der Waals surface area contributed by atoms with Crippen molar-refractivity contribution in [1.29, 1.82) is 0 Å². The Balaban J connectivity index is 1.71. The van der Waals surface area contributed by atoms with E-state index in [0.717, 1.165) is 29.6 Å². The van der Waals surface area contributed by atoms with Crippen molar-refractivity contribution < 1.29 is 0 Å². The smallest absolute Gasteiger partial charge is 0.0794 e. The van der Waals surface area contributed by atoms with Crippen molar-refractivity contribution in [2.24, 2.45) is 23.7 Å². The molecule has 1 aromatic heterocycles. The highest BCUT2D eigenvalue weighted by Crippen LogP contribution is 2.59. The molecule has 0 spiro atoms. The molecule has 0 saturated heterocycles. The molecule has 4 fully saturated rings. The van der Waals surface area contributed by atoms with Crippen LogP contribution in [0.2, 0.25) is 0 Å². The summed E-state index contributed by atoms with van der Waals surface area (Å²) < 4.78 is 0. The monoisotopic (exact) mass is 219 g/mol. The molecule has 1 nitrogen and oxygen atoms in total. The van der Waals surface area contributed by atoms with Crippen molar-refractivity contribution >= 4 is 11.3 Å². The average molecular weight is 219 g/mol. The second kappa shape index (κ2) is 3.07. The molecule has 1 aromatic rings. The van der Waals surface area contributed by atoms with Gasteiger partial charge < -0.3 is 0 Å². The second-order valence-corrected chi connectivity index (χ2v) is 6.59. The van der Waals surface area contributed by atoms with E-state index < -0.39 is 0 Å².